The smallest absolute Gasteiger partial charge is 0.132 e. The molecule has 1 unspecified atom stereocenters. The van der Waals surface area contributed by atoms with Crippen LogP contribution in [0, 0.1) is 11.7 Å². The van der Waals surface area contributed by atoms with Crippen molar-refractivity contribution >= 4 is 0 Å². The predicted molar refractivity (Wildman–Crippen MR) is 68.2 cm³/mol. The Bertz CT molecular complexity index is 570. The zero-order valence-corrected chi connectivity index (χ0v) is 10.3. The summed E-state index contributed by atoms with van der Waals surface area (Å²) in [6.07, 6.45) is 3.94. The van der Waals surface area contributed by atoms with E-state index in [0.717, 1.165) is 18.7 Å². The third-order valence-corrected chi connectivity index (χ3v) is 3.68. The fraction of sp³-hybridized carbons (Fsp3) is 0.357. The highest BCUT2D eigenvalue weighted by Gasteiger charge is 2.41. The lowest BCUT2D eigenvalue weighted by molar-refractivity contribution is 0.404. The van der Waals surface area contributed by atoms with Crippen molar-refractivity contribution in [3.63, 3.8) is 0 Å². The molecular formula is C14H16FN3. The number of nitrogens with two attached hydrogens (primary N) is 1. The molecule has 1 aliphatic rings. The fourth-order valence-electron chi connectivity index (χ4n) is 2.29. The van der Waals surface area contributed by atoms with Crippen LogP contribution in [0.4, 0.5) is 4.39 Å². The van der Waals surface area contributed by atoms with E-state index in [9.17, 15) is 4.39 Å². The molecule has 18 heavy (non-hydrogen) atoms. The molecule has 0 radical (unpaired) electrons. The number of imidazole rings is 1. The first-order valence-electron chi connectivity index (χ1n) is 6.18. The molecule has 3 nitrogen and oxygen atoms in total. The molecule has 1 aromatic heterocycles. The molecule has 0 amide bonds. The van der Waals surface area contributed by atoms with Gasteiger partial charge in [-0.15, -0.1) is 0 Å². The predicted octanol–water partition coefficient (Wildman–Crippen LogP) is 2.80. The molecule has 1 aliphatic carbocycles. The maximum Gasteiger partial charge on any atom is 0.132 e. The average Bonchev–Trinajstić information content (AvgIpc) is 3.09. The lowest BCUT2D eigenvalue weighted by Gasteiger charge is -2.21. The zero-order valence-electron chi connectivity index (χ0n) is 10.3. The van der Waals surface area contributed by atoms with Crippen LogP contribution < -0.4 is 5.73 Å². The summed E-state index contributed by atoms with van der Waals surface area (Å²) in [6, 6.07) is 6.66. The van der Waals surface area contributed by atoms with Crippen LogP contribution in [0.15, 0.2) is 30.5 Å². The summed E-state index contributed by atoms with van der Waals surface area (Å²) in [7, 11) is 0. The Morgan fingerprint density at radius 3 is 2.78 bits per heavy atom. The first-order valence-corrected chi connectivity index (χ1v) is 6.18. The van der Waals surface area contributed by atoms with Gasteiger partial charge < -0.3 is 10.7 Å². The Morgan fingerprint density at radius 1 is 1.39 bits per heavy atom. The van der Waals surface area contributed by atoms with Crippen LogP contribution in [0.2, 0.25) is 0 Å². The Kier molecular flexibility index (Phi) is 2.48. The second-order valence-corrected chi connectivity index (χ2v) is 5.18. The van der Waals surface area contributed by atoms with Gasteiger partial charge in [0.25, 0.3) is 0 Å². The number of benzene rings is 1. The van der Waals surface area contributed by atoms with E-state index in [4.69, 9.17) is 5.73 Å². The second kappa shape index (κ2) is 3.92. The Labute approximate surface area is 105 Å². The molecule has 1 heterocycles. The molecule has 0 bridgehead atoms. The summed E-state index contributed by atoms with van der Waals surface area (Å²) in [4.78, 5) is 7.48. The highest BCUT2D eigenvalue weighted by Crippen LogP contribution is 2.43. The van der Waals surface area contributed by atoms with Crippen molar-refractivity contribution in [1.29, 1.82) is 0 Å². The third-order valence-electron chi connectivity index (χ3n) is 3.68. The van der Waals surface area contributed by atoms with Crippen molar-refractivity contribution in [3.05, 3.63) is 42.1 Å². The van der Waals surface area contributed by atoms with Gasteiger partial charge in [0.15, 0.2) is 0 Å². The summed E-state index contributed by atoms with van der Waals surface area (Å²) in [5.41, 5.74) is 7.06. The van der Waals surface area contributed by atoms with Gasteiger partial charge in [-0.1, -0.05) is 12.1 Å². The van der Waals surface area contributed by atoms with Crippen molar-refractivity contribution in [2.45, 2.75) is 25.3 Å². The number of hydrogen-bond acceptors (Lipinski definition) is 2. The molecule has 3 rings (SSSR count). The Balaban J connectivity index is 1.97. The van der Waals surface area contributed by atoms with Gasteiger partial charge in [0, 0.05) is 5.56 Å². The zero-order chi connectivity index (χ0) is 12.8. The van der Waals surface area contributed by atoms with Crippen LogP contribution >= 0.6 is 0 Å². The van der Waals surface area contributed by atoms with Gasteiger partial charge in [-0.05, 0) is 37.8 Å². The molecule has 1 saturated carbocycles. The number of rotatable bonds is 3. The summed E-state index contributed by atoms with van der Waals surface area (Å²) in [5.74, 6) is 0.971. The number of aromatic amines is 1. The number of nitrogens with one attached hydrogen (secondary N) is 1. The van der Waals surface area contributed by atoms with Gasteiger partial charge in [-0.25, -0.2) is 9.37 Å². The van der Waals surface area contributed by atoms with Gasteiger partial charge in [-0.2, -0.15) is 0 Å². The van der Waals surface area contributed by atoms with Crippen LogP contribution in [0.1, 0.15) is 25.6 Å². The topological polar surface area (TPSA) is 54.7 Å². The van der Waals surface area contributed by atoms with Gasteiger partial charge in [0.1, 0.15) is 11.6 Å². The third kappa shape index (κ3) is 1.82. The fourth-order valence-corrected chi connectivity index (χ4v) is 2.29. The van der Waals surface area contributed by atoms with Gasteiger partial charge in [-0.3, -0.25) is 0 Å². The number of H-pyrrole nitrogens is 1. The van der Waals surface area contributed by atoms with E-state index >= 15 is 0 Å². The maximum atomic E-state index is 13.7. The molecule has 4 heteroatoms. The van der Waals surface area contributed by atoms with Crippen molar-refractivity contribution in [2.75, 3.05) is 0 Å². The van der Waals surface area contributed by atoms with Crippen LogP contribution in [-0.2, 0) is 5.54 Å². The van der Waals surface area contributed by atoms with E-state index in [1.165, 1.54) is 6.07 Å². The minimum atomic E-state index is -0.441. The first kappa shape index (κ1) is 11.4. The maximum absolute atomic E-state index is 13.7. The Morgan fingerprint density at radius 2 is 2.11 bits per heavy atom. The second-order valence-electron chi connectivity index (χ2n) is 5.18. The SMILES string of the molecule is CC(N)(c1ncc(-c2ccccc2F)[nH]1)C1CC1. The minimum absolute atomic E-state index is 0.252. The number of aromatic nitrogens is 2. The normalized spacial score (nSPS) is 18.6. The van der Waals surface area contributed by atoms with E-state index in [1.807, 2.05) is 13.0 Å². The monoisotopic (exact) mass is 245 g/mol. The molecule has 3 N–H and O–H groups in total. The summed E-state index contributed by atoms with van der Waals surface area (Å²) >= 11 is 0. The van der Waals surface area contributed by atoms with E-state index in [2.05, 4.69) is 9.97 Å². The minimum Gasteiger partial charge on any atom is -0.340 e. The highest BCUT2D eigenvalue weighted by atomic mass is 19.1. The van der Waals surface area contributed by atoms with E-state index in [-0.39, 0.29) is 5.82 Å². The van der Waals surface area contributed by atoms with E-state index in [1.54, 1.807) is 18.3 Å². The van der Waals surface area contributed by atoms with Crippen LogP contribution in [-0.4, -0.2) is 9.97 Å². The van der Waals surface area contributed by atoms with E-state index in [0.29, 0.717) is 17.2 Å². The van der Waals surface area contributed by atoms with Crippen molar-refractivity contribution in [3.8, 4) is 11.3 Å². The molecule has 1 fully saturated rings. The van der Waals surface area contributed by atoms with Gasteiger partial charge in [0.2, 0.25) is 0 Å². The largest absolute Gasteiger partial charge is 0.340 e. The summed E-state index contributed by atoms with van der Waals surface area (Å²) in [5, 5.41) is 0. The average molecular weight is 245 g/mol. The quantitative estimate of drug-likeness (QED) is 0.873. The van der Waals surface area contributed by atoms with Crippen molar-refractivity contribution in [2.24, 2.45) is 11.7 Å². The van der Waals surface area contributed by atoms with Crippen LogP contribution in [0.5, 0.6) is 0 Å². The molecule has 1 atom stereocenters. The van der Waals surface area contributed by atoms with Gasteiger partial charge >= 0.3 is 0 Å². The lowest BCUT2D eigenvalue weighted by atomic mass is 9.97. The molecule has 0 aliphatic heterocycles. The van der Waals surface area contributed by atoms with Crippen molar-refractivity contribution in [1.82, 2.24) is 9.97 Å². The summed E-state index contributed by atoms with van der Waals surface area (Å²) in [6.45, 7) is 1.98. The standard InChI is InChI=1S/C14H16FN3/c1-14(16,9-6-7-9)13-17-8-12(18-13)10-4-2-3-5-11(10)15/h2-5,8-9H,6-7,16H2,1H3,(H,17,18). The highest BCUT2D eigenvalue weighted by molar-refractivity contribution is 5.59. The Hall–Kier alpha value is -1.68. The molecule has 0 saturated heterocycles. The number of nitrogens with zero attached hydrogens (tertiary/aromatic N) is 1. The molecule has 1 aromatic carbocycles. The van der Waals surface area contributed by atoms with Crippen molar-refractivity contribution < 1.29 is 4.39 Å². The summed E-state index contributed by atoms with van der Waals surface area (Å²) < 4.78 is 13.7. The molecule has 2 aromatic rings. The number of halogens is 1. The lowest BCUT2D eigenvalue weighted by Crippen LogP contribution is -2.36. The number of hydrogen-bond donors (Lipinski definition) is 2. The molecular weight excluding hydrogens is 229 g/mol. The molecule has 94 valence electrons. The first-order chi connectivity index (χ1) is 8.59. The van der Waals surface area contributed by atoms with Gasteiger partial charge in [0.05, 0.1) is 17.4 Å². The van der Waals surface area contributed by atoms with Crippen LogP contribution in [0.3, 0.4) is 0 Å². The van der Waals surface area contributed by atoms with E-state index < -0.39 is 5.54 Å². The molecule has 0 spiro atoms. The van der Waals surface area contributed by atoms with Crippen LogP contribution in [0.25, 0.3) is 11.3 Å².